The SMILES string of the molecule is Nc1ccc(/C=C/c2ccccn2)c(Cl)c1. The lowest BCUT2D eigenvalue weighted by Gasteiger charge is -1.99. The highest BCUT2D eigenvalue weighted by atomic mass is 35.5. The van der Waals surface area contributed by atoms with E-state index in [1.807, 2.05) is 42.5 Å². The molecule has 0 atom stereocenters. The maximum absolute atomic E-state index is 6.04. The van der Waals surface area contributed by atoms with Crippen LogP contribution in [0.25, 0.3) is 12.2 Å². The van der Waals surface area contributed by atoms with Gasteiger partial charge in [-0.05, 0) is 35.9 Å². The first-order valence-corrected chi connectivity index (χ1v) is 5.27. The van der Waals surface area contributed by atoms with Crippen molar-refractivity contribution < 1.29 is 0 Å². The van der Waals surface area contributed by atoms with Crippen LogP contribution in [-0.4, -0.2) is 4.98 Å². The van der Waals surface area contributed by atoms with Crippen LogP contribution in [0.3, 0.4) is 0 Å². The van der Waals surface area contributed by atoms with Gasteiger partial charge in [0.2, 0.25) is 0 Å². The number of anilines is 1. The molecule has 0 spiro atoms. The quantitative estimate of drug-likeness (QED) is 0.803. The van der Waals surface area contributed by atoms with Crippen LogP contribution in [-0.2, 0) is 0 Å². The predicted octanol–water partition coefficient (Wildman–Crippen LogP) is 3.49. The van der Waals surface area contributed by atoms with Gasteiger partial charge in [-0.3, -0.25) is 4.98 Å². The van der Waals surface area contributed by atoms with E-state index in [1.54, 1.807) is 12.3 Å². The molecule has 0 aliphatic carbocycles. The molecule has 0 unspecified atom stereocenters. The van der Waals surface area contributed by atoms with Crippen LogP contribution in [0, 0.1) is 0 Å². The smallest absolute Gasteiger partial charge is 0.0629 e. The van der Waals surface area contributed by atoms with Gasteiger partial charge in [-0.2, -0.15) is 0 Å². The third kappa shape index (κ3) is 2.61. The molecule has 0 amide bonds. The normalized spacial score (nSPS) is 10.8. The van der Waals surface area contributed by atoms with Crippen molar-refractivity contribution in [3.05, 3.63) is 58.9 Å². The zero-order chi connectivity index (χ0) is 11.4. The van der Waals surface area contributed by atoms with Gasteiger partial charge < -0.3 is 5.73 Å². The van der Waals surface area contributed by atoms with Crippen LogP contribution >= 0.6 is 11.6 Å². The summed E-state index contributed by atoms with van der Waals surface area (Å²) in [7, 11) is 0. The predicted molar refractivity (Wildman–Crippen MR) is 69.0 cm³/mol. The topological polar surface area (TPSA) is 38.9 Å². The summed E-state index contributed by atoms with van der Waals surface area (Å²) in [6.07, 6.45) is 5.59. The summed E-state index contributed by atoms with van der Waals surface area (Å²) in [6.45, 7) is 0. The van der Waals surface area contributed by atoms with Crippen molar-refractivity contribution in [2.75, 3.05) is 5.73 Å². The van der Waals surface area contributed by atoms with E-state index in [4.69, 9.17) is 17.3 Å². The zero-order valence-electron chi connectivity index (χ0n) is 8.60. The summed E-state index contributed by atoms with van der Waals surface area (Å²) in [6, 6.07) is 11.2. The number of nitrogen functional groups attached to an aromatic ring is 1. The van der Waals surface area contributed by atoms with E-state index >= 15 is 0 Å². The number of pyridine rings is 1. The summed E-state index contributed by atoms with van der Waals surface area (Å²) in [5.74, 6) is 0. The first kappa shape index (κ1) is 10.7. The average Bonchev–Trinajstić information content (AvgIpc) is 2.29. The monoisotopic (exact) mass is 230 g/mol. The summed E-state index contributed by atoms with van der Waals surface area (Å²) >= 11 is 6.04. The van der Waals surface area contributed by atoms with Gasteiger partial charge in [0, 0.05) is 16.9 Å². The Bertz CT molecular complexity index is 507. The van der Waals surface area contributed by atoms with Crippen molar-refractivity contribution in [1.82, 2.24) is 4.98 Å². The maximum atomic E-state index is 6.04. The minimum atomic E-state index is 0.646. The largest absolute Gasteiger partial charge is 0.399 e. The van der Waals surface area contributed by atoms with Gasteiger partial charge in [0.25, 0.3) is 0 Å². The zero-order valence-corrected chi connectivity index (χ0v) is 9.35. The number of halogens is 1. The molecule has 80 valence electrons. The van der Waals surface area contributed by atoms with E-state index in [2.05, 4.69) is 4.98 Å². The molecular weight excluding hydrogens is 220 g/mol. The molecule has 0 saturated heterocycles. The first-order chi connectivity index (χ1) is 7.75. The molecule has 0 bridgehead atoms. The third-order valence-electron chi connectivity index (χ3n) is 2.15. The van der Waals surface area contributed by atoms with E-state index in [0.29, 0.717) is 10.7 Å². The van der Waals surface area contributed by atoms with Crippen molar-refractivity contribution >= 4 is 29.4 Å². The molecule has 1 heterocycles. The molecule has 0 aliphatic rings. The van der Waals surface area contributed by atoms with Gasteiger partial charge in [-0.15, -0.1) is 0 Å². The van der Waals surface area contributed by atoms with Crippen LogP contribution in [0.1, 0.15) is 11.3 Å². The Morgan fingerprint density at radius 3 is 2.69 bits per heavy atom. The fraction of sp³-hybridized carbons (Fsp3) is 0. The van der Waals surface area contributed by atoms with Gasteiger partial charge in [0.05, 0.1) is 5.69 Å². The second-order valence-electron chi connectivity index (χ2n) is 3.37. The van der Waals surface area contributed by atoms with E-state index in [-0.39, 0.29) is 0 Å². The van der Waals surface area contributed by atoms with E-state index in [9.17, 15) is 0 Å². The average molecular weight is 231 g/mol. The molecular formula is C13H11ClN2. The van der Waals surface area contributed by atoms with Gasteiger partial charge in [-0.1, -0.05) is 29.8 Å². The Balaban J connectivity index is 2.24. The lowest BCUT2D eigenvalue weighted by molar-refractivity contribution is 1.30. The van der Waals surface area contributed by atoms with E-state index in [1.165, 1.54) is 0 Å². The number of hydrogen-bond acceptors (Lipinski definition) is 2. The van der Waals surface area contributed by atoms with Crippen molar-refractivity contribution in [2.24, 2.45) is 0 Å². The van der Waals surface area contributed by atoms with Crippen LogP contribution in [0.2, 0.25) is 5.02 Å². The minimum Gasteiger partial charge on any atom is -0.399 e. The summed E-state index contributed by atoms with van der Waals surface area (Å²) < 4.78 is 0. The highest BCUT2D eigenvalue weighted by molar-refractivity contribution is 6.32. The minimum absolute atomic E-state index is 0.646. The number of nitrogens with two attached hydrogens (primary N) is 1. The number of aromatic nitrogens is 1. The van der Waals surface area contributed by atoms with Crippen LogP contribution < -0.4 is 5.73 Å². The Morgan fingerprint density at radius 1 is 1.12 bits per heavy atom. The van der Waals surface area contributed by atoms with Crippen molar-refractivity contribution in [2.45, 2.75) is 0 Å². The van der Waals surface area contributed by atoms with Gasteiger partial charge in [-0.25, -0.2) is 0 Å². The van der Waals surface area contributed by atoms with Crippen LogP contribution in [0.15, 0.2) is 42.6 Å². The van der Waals surface area contributed by atoms with Crippen LogP contribution in [0.5, 0.6) is 0 Å². The summed E-state index contributed by atoms with van der Waals surface area (Å²) in [5.41, 5.74) is 8.11. The molecule has 2 aromatic rings. The number of hydrogen-bond donors (Lipinski definition) is 1. The molecule has 2 nitrogen and oxygen atoms in total. The highest BCUT2D eigenvalue weighted by Gasteiger charge is 1.96. The van der Waals surface area contributed by atoms with Gasteiger partial charge in [0.15, 0.2) is 0 Å². The summed E-state index contributed by atoms with van der Waals surface area (Å²) in [4.78, 5) is 4.19. The summed E-state index contributed by atoms with van der Waals surface area (Å²) in [5, 5.41) is 0.646. The highest BCUT2D eigenvalue weighted by Crippen LogP contribution is 2.20. The lowest BCUT2D eigenvalue weighted by Crippen LogP contribution is -1.85. The van der Waals surface area contributed by atoms with Gasteiger partial charge >= 0.3 is 0 Å². The van der Waals surface area contributed by atoms with Crippen molar-refractivity contribution in [3.63, 3.8) is 0 Å². The molecule has 0 fully saturated rings. The molecule has 2 rings (SSSR count). The molecule has 1 aromatic heterocycles. The Morgan fingerprint density at radius 2 is 2.00 bits per heavy atom. The molecule has 0 aliphatic heterocycles. The molecule has 1 aromatic carbocycles. The van der Waals surface area contributed by atoms with E-state index in [0.717, 1.165) is 11.3 Å². The Hall–Kier alpha value is -1.80. The van der Waals surface area contributed by atoms with Crippen molar-refractivity contribution in [1.29, 1.82) is 0 Å². The molecule has 0 radical (unpaired) electrons. The first-order valence-electron chi connectivity index (χ1n) is 4.90. The second kappa shape index (κ2) is 4.81. The Labute approximate surface area is 99.4 Å². The second-order valence-corrected chi connectivity index (χ2v) is 3.78. The number of nitrogens with zero attached hydrogens (tertiary/aromatic N) is 1. The lowest BCUT2D eigenvalue weighted by atomic mass is 10.2. The fourth-order valence-corrected chi connectivity index (χ4v) is 1.58. The number of rotatable bonds is 2. The van der Waals surface area contributed by atoms with E-state index < -0.39 is 0 Å². The van der Waals surface area contributed by atoms with Crippen LogP contribution in [0.4, 0.5) is 5.69 Å². The maximum Gasteiger partial charge on any atom is 0.0629 e. The third-order valence-corrected chi connectivity index (χ3v) is 2.47. The molecule has 2 N–H and O–H groups in total. The molecule has 3 heteroatoms. The molecule has 0 saturated carbocycles. The standard InChI is InChI=1S/C13H11ClN2/c14-13-9-11(15)6-4-10(13)5-7-12-3-1-2-8-16-12/h1-9H,15H2/b7-5+. The van der Waals surface area contributed by atoms with Gasteiger partial charge in [0.1, 0.15) is 0 Å². The Kier molecular flexibility index (Phi) is 3.22. The molecule has 16 heavy (non-hydrogen) atoms. The van der Waals surface area contributed by atoms with Crippen molar-refractivity contribution in [3.8, 4) is 0 Å². The number of benzene rings is 1. The fourth-order valence-electron chi connectivity index (χ4n) is 1.33.